The van der Waals surface area contributed by atoms with Crippen molar-refractivity contribution in [3.8, 4) is 0 Å². The van der Waals surface area contributed by atoms with E-state index in [1.165, 1.54) is 141 Å². The Balaban J connectivity index is 4.78. The topological polar surface area (TPSA) is 43.4 Å². The summed E-state index contributed by atoms with van der Waals surface area (Å²) in [4.78, 5) is 4.85. The first kappa shape index (κ1) is 50.8. The molecule has 0 fully saturated rings. The molecule has 0 amide bonds. The van der Waals surface area contributed by atoms with Crippen molar-refractivity contribution in [2.24, 2.45) is 5.41 Å². The van der Waals surface area contributed by atoms with E-state index >= 15 is 0 Å². The van der Waals surface area contributed by atoms with Crippen molar-refractivity contribution in [1.82, 2.24) is 9.80 Å². The molecule has 0 saturated carbocycles. The van der Waals surface area contributed by atoms with Crippen molar-refractivity contribution >= 4 is 0 Å². The standard InChI is InChI=1S/C45H94N2O4/c1-7-13-15-17-19-21-23-25-27-29-31-33-37-48-41-45(43-50-39-35-46(9-3)10-4,44-51-40-36-47(11-5)12-6)42-49-38-34-32-30-28-26-24-22-20-18-16-14-8-2/h7-44H2,1-6H3. The molecular formula is C45H94N2O4. The Morgan fingerprint density at radius 3 is 0.784 bits per heavy atom. The lowest BCUT2D eigenvalue weighted by atomic mass is 9.92. The van der Waals surface area contributed by atoms with Crippen LogP contribution in [0, 0.1) is 5.41 Å². The molecule has 6 nitrogen and oxygen atoms in total. The number of hydrogen-bond donors (Lipinski definition) is 0. The molecule has 51 heavy (non-hydrogen) atoms. The lowest BCUT2D eigenvalue weighted by molar-refractivity contribution is -0.109. The molecule has 0 saturated heterocycles. The van der Waals surface area contributed by atoms with Crippen molar-refractivity contribution in [2.75, 3.05) is 92.1 Å². The van der Waals surface area contributed by atoms with Gasteiger partial charge in [0.2, 0.25) is 0 Å². The van der Waals surface area contributed by atoms with Gasteiger partial charge in [0.15, 0.2) is 0 Å². The minimum Gasteiger partial charge on any atom is -0.381 e. The van der Waals surface area contributed by atoms with Crippen LogP contribution in [-0.4, -0.2) is 102 Å². The third-order valence-corrected chi connectivity index (χ3v) is 10.8. The predicted molar refractivity (Wildman–Crippen MR) is 223 cm³/mol. The number of unbranched alkanes of at least 4 members (excludes halogenated alkanes) is 22. The number of rotatable bonds is 44. The second-order valence-electron chi connectivity index (χ2n) is 15.5. The molecule has 0 aromatic carbocycles. The van der Waals surface area contributed by atoms with Gasteiger partial charge in [-0.1, -0.05) is 183 Å². The highest BCUT2D eigenvalue weighted by atomic mass is 16.5. The molecule has 0 aliphatic carbocycles. The highest BCUT2D eigenvalue weighted by molar-refractivity contribution is 4.80. The van der Waals surface area contributed by atoms with E-state index in [4.69, 9.17) is 18.9 Å². The average Bonchev–Trinajstić information content (AvgIpc) is 3.15. The van der Waals surface area contributed by atoms with Crippen molar-refractivity contribution in [1.29, 1.82) is 0 Å². The van der Waals surface area contributed by atoms with Crippen LogP contribution in [-0.2, 0) is 18.9 Å². The van der Waals surface area contributed by atoms with Crippen LogP contribution in [0.4, 0.5) is 0 Å². The summed E-state index contributed by atoms with van der Waals surface area (Å²) in [6.07, 6.45) is 32.7. The van der Waals surface area contributed by atoms with E-state index in [1.54, 1.807) is 0 Å². The number of hydrogen-bond acceptors (Lipinski definition) is 6. The maximum atomic E-state index is 6.44. The molecule has 0 aromatic heterocycles. The molecule has 6 heteroatoms. The average molecular weight is 727 g/mol. The van der Waals surface area contributed by atoms with E-state index in [0.29, 0.717) is 26.4 Å². The van der Waals surface area contributed by atoms with Crippen LogP contribution in [0.15, 0.2) is 0 Å². The van der Waals surface area contributed by atoms with Gasteiger partial charge >= 0.3 is 0 Å². The quantitative estimate of drug-likeness (QED) is 0.0583. The minimum absolute atomic E-state index is 0.277. The minimum atomic E-state index is -0.277. The third-order valence-electron chi connectivity index (χ3n) is 10.8. The molecule has 0 spiro atoms. The van der Waals surface area contributed by atoms with E-state index in [-0.39, 0.29) is 5.41 Å². The van der Waals surface area contributed by atoms with Crippen molar-refractivity contribution < 1.29 is 18.9 Å². The van der Waals surface area contributed by atoms with Gasteiger partial charge in [-0.25, -0.2) is 0 Å². The summed E-state index contributed by atoms with van der Waals surface area (Å²) in [5.41, 5.74) is -0.277. The van der Waals surface area contributed by atoms with E-state index in [2.05, 4.69) is 51.3 Å². The second kappa shape index (κ2) is 40.9. The fraction of sp³-hybridized carbons (Fsp3) is 1.00. The van der Waals surface area contributed by atoms with Crippen LogP contribution < -0.4 is 0 Å². The van der Waals surface area contributed by atoms with Gasteiger partial charge in [0.25, 0.3) is 0 Å². The van der Waals surface area contributed by atoms with Gasteiger partial charge in [-0.05, 0) is 39.0 Å². The van der Waals surface area contributed by atoms with Crippen molar-refractivity contribution in [2.45, 2.75) is 196 Å². The molecule has 0 aromatic rings. The fourth-order valence-corrected chi connectivity index (χ4v) is 6.96. The summed E-state index contributed by atoms with van der Waals surface area (Å²) in [6, 6.07) is 0. The second-order valence-corrected chi connectivity index (χ2v) is 15.5. The van der Waals surface area contributed by atoms with Gasteiger partial charge in [-0.3, -0.25) is 0 Å². The van der Waals surface area contributed by atoms with Crippen molar-refractivity contribution in [3.63, 3.8) is 0 Å². The molecule has 0 heterocycles. The van der Waals surface area contributed by atoms with Gasteiger partial charge in [0.05, 0.1) is 45.1 Å². The lowest BCUT2D eigenvalue weighted by Crippen LogP contribution is -2.43. The summed E-state index contributed by atoms with van der Waals surface area (Å²) >= 11 is 0. The zero-order valence-electron chi connectivity index (χ0n) is 35.9. The first-order valence-corrected chi connectivity index (χ1v) is 22.9. The zero-order valence-corrected chi connectivity index (χ0v) is 35.9. The first-order valence-electron chi connectivity index (χ1n) is 22.9. The molecule has 0 unspecified atom stereocenters. The van der Waals surface area contributed by atoms with Gasteiger partial charge in [0, 0.05) is 26.3 Å². The molecule has 0 rings (SSSR count). The molecule has 0 aliphatic heterocycles. The van der Waals surface area contributed by atoms with Gasteiger partial charge in [0.1, 0.15) is 0 Å². The maximum Gasteiger partial charge on any atom is 0.0637 e. The highest BCUT2D eigenvalue weighted by Crippen LogP contribution is 2.22. The molecular weight excluding hydrogens is 633 g/mol. The fourth-order valence-electron chi connectivity index (χ4n) is 6.96. The molecule has 0 radical (unpaired) electrons. The van der Waals surface area contributed by atoms with Crippen LogP contribution in [0.3, 0.4) is 0 Å². The van der Waals surface area contributed by atoms with Crippen LogP contribution in [0.5, 0.6) is 0 Å². The molecule has 0 atom stereocenters. The zero-order chi connectivity index (χ0) is 37.4. The maximum absolute atomic E-state index is 6.44. The normalized spacial score (nSPS) is 12.2. The summed E-state index contributed by atoms with van der Waals surface area (Å²) in [5.74, 6) is 0. The summed E-state index contributed by atoms with van der Waals surface area (Å²) in [6.45, 7) is 25.3. The molecule has 0 N–H and O–H groups in total. The SMILES string of the molecule is CCCCCCCCCCCCCCOCC(COCCCCCCCCCCCCCC)(COCCN(CC)CC)COCCN(CC)CC. The Morgan fingerprint density at radius 1 is 0.294 bits per heavy atom. The predicted octanol–water partition coefficient (Wildman–Crippen LogP) is 12.1. The Labute approximate surface area is 321 Å². The smallest absolute Gasteiger partial charge is 0.0637 e. The lowest BCUT2D eigenvalue weighted by Gasteiger charge is -2.33. The number of ether oxygens (including phenoxy) is 4. The van der Waals surface area contributed by atoms with Gasteiger partial charge in [-0.15, -0.1) is 0 Å². The van der Waals surface area contributed by atoms with Gasteiger partial charge < -0.3 is 28.7 Å². The third kappa shape index (κ3) is 34.0. The Morgan fingerprint density at radius 2 is 0.529 bits per heavy atom. The van der Waals surface area contributed by atoms with E-state index < -0.39 is 0 Å². The molecule has 0 aliphatic rings. The molecule has 0 bridgehead atoms. The largest absolute Gasteiger partial charge is 0.381 e. The highest BCUT2D eigenvalue weighted by Gasteiger charge is 2.32. The first-order chi connectivity index (χ1) is 25.1. The van der Waals surface area contributed by atoms with Crippen molar-refractivity contribution in [3.05, 3.63) is 0 Å². The van der Waals surface area contributed by atoms with Crippen LogP contribution in [0.2, 0.25) is 0 Å². The molecule has 308 valence electrons. The van der Waals surface area contributed by atoms with Crippen LogP contribution in [0.25, 0.3) is 0 Å². The summed E-state index contributed by atoms with van der Waals surface area (Å²) in [7, 11) is 0. The van der Waals surface area contributed by atoms with E-state index in [9.17, 15) is 0 Å². The van der Waals surface area contributed by atoms with E-state index in [0.717, 1.165) is 78.5 Å². The summed E-state index contributed by atoms with van der Waals surface area (Å²) in [5, 5.41) is 0. The Hall–Kier alpha value is -0.240. The summed E-state index contributed by atoms with van der Waals surface area (Å²) < 4.78 is 25.7. The Bertz CT molecular complexity index is 590. The van der Waals surface area contributed by atoms with Crippen LogP contribution >= 0.6 is 0 Å². The monoisotopic (exact) mass is 727 g/mol. The number of nitrogens with zero attached hydrogens (tertiary/aromatic N) is 2. The van der Waals surface area contributed by atoms with E-state index in [1.807, 2.05) is 0 Å². The van der Waals surface area contributed by atoms with Gasteiger partial charge in [-0.2, -0.15) is 0 Å². The number of likely N-dealkylation sites (N-methyl/N-ethyl adjacent to an activating group) is 2. The van der Waals surface area contributed by atoms with Crippen LogP contribution in [0.1, 0.15) is 196 Å². The Kier molecular flexibility index (Phi) is 40.7.